The number of rotatable bonds is 5. The third kappa shape index (κ3) is 6.02. The average molecular weight is 350 g/mol. The molecule has 1 unspecified atom stereocenters. The summed E-state index contributed by atoms with van der Waals surface area (Å²) in [5.41, 5.74) is -4.41. The Morgan fingerprint density at radius 2 is 2.22 bits per heavy atom. The van der Waals surface area contributed by atoms with Gasteiger partial charge in [0.25, 0.3) is 0 Å². The molecule has 8 heteroatoms. The van der Waals surface area contributed by atoms with Gasteiger partial charge in [-0.15, -0.1) is 6.42 Å². The zero-order chi connectivity index (χ0) is 17.7. The van der Waals surface area contributed by atoms with Gasteiger partial charge in [0.05, 0.1) is 5.76 Å². The van der Waals surface area contributed by atoms with Crippen LogP contribution in [0.4, 0.5) is 13.2 Å². The van der Waals surface area contributed by atoms with Gasteiger partial charge in [0, 0.05) is 18.6 Å². The number of hydrogen-bond acceptors (Lipinski definition) is 4. The lowest BCUT2D eigenvalue weighted by atomic mass is 9.88. The molecule has 0 amide bonds. The van der Waals surface area contributed by atoms with E-state index in [0.29, 0.717) is 6.08 Å². The van der Waals surface area contributed by atoms with Crippen LogP contribution in [0.1, 0.15) is 32.6 Å². The van der Waals surface area contributed by atoms with E-state index >= 15 is 0 Å². The fourth-order valence-electron chi connectivity index (χ4n) is 2.21. The van der Waals surface area contributed by atoms with Gasteiger partial charge in [-0.25, -0.2) is 0 Å². The van der Waals surface area contributed by atoms with E-state index in [1.165, 1.54) is 5.57 Å². The molecule has 23 heavy (non-hydrogen) atoms. The normalized spacial score (nSPS) is 20.7. The third-order valence-electron chi connectivity index (χ3n) is 3.16. The summed E-state index contributed by atoms with van der Waals surface area (Å²) < 4.78 is 62.8. The summed E-state index contributed by atoms with van der Waals surface area (Å²) in [6, 6.07) is 0. The first kappa shape index (κ1) is 19.2. The molecule has 0 fully saturated rings. The van der Waals surface area contributed by atoms with Gasteiger partial charge in [0.1, 0.15) is 0 Å². The lowest BCUT2D eigenvalue weighted by molar-refractivity contribution is -0.0520. The number of alkyl halides is 3. The van der Waals surface area contributed by atoms with Crippen LogP contribution >= 0.6 is 0 Å². The molecule has 0 aromatic heterocycles. The first-order valence-electron chi connectivity index (χ1n) is 6.79. The first-order valence-corrected chi connectivity index (χ1v) is 8.20. The zero-order valence-electron chi connectivity index (χ0n) is 12.4. The fraction of sp³-hybridized carbons (Fsp3) is 0.467. The monoisotopic (exact) mass is 350 g/mol. The van der Waals surface area contributed by atoms with Crippen molar-refractivity contribution >= 4 is 10.1 Å². The van der Waals surface area contributed by atoms with Crippen molar-refractivity contribution in [1.29, 1.82) is 0 Å². The molecule has 0 spiro atoms. The first-order chi connectivity index (χ1) is 10.5. The standard InChI is InChI=1S/C15H17F3O4S/c1-3-5-14(22-23(20,21)15(16,17)18)10-13(19)9-12-7-4-6-11(2)8-12/h1,5,8,10,12,19H,4,6-7,9H2,2H3/b13-10+,14-5+. The van der Waals surface area contributed by atoms with Crippen LogP contribution in [0.25, 0.3) is 0 Å². The highest BCUT2D eigenvalue weighted by Gasteiger charge is 2.48. The van der Waals surface area contributed by atoms with E-state index in [2.05, 4.69) is 4.18 Å². The summed E-state index contributed by atoms with van der Waals surface area (Å²) in [7, 11) is -5.84. The topological polar surface area (TPSA) is 63.6 Å². The summed E-state index contributed by atoms with van der Waals surface area (Å²) in [4.78, 5) is 0. The number of aliphatic hydroxyl groups is 1. The largest absolute Gasteiger partial charge is 0.534 e. The van der Waals surface area contributed by atoms with Gasteiger partial charge in [-0.1, -0.05) is 17.6 Å². The van der Waals surface area contributed by atoms with Crippen LogP contribution in [-0.4, -0.2) is 19.0 Å². The van der Waals surface area contributed by atoms with Crippen LogP contribution in [-0.2, 0) is 14.3 Å². The predicted octanol–water partition coefficient (Wildman–Crippen LogP) is 3.95. The maximum Gasteiger partial charge on any atom is 0.534 e. The summed E-state index contributed by atoms with van der Waals surface area (Å²) in [6.07, 6.45) is 11.3. The molecule has 0 radical (unpaired) electrons. The van der Waals surface area contributed by atoms with E-state index < -0.39 is 21.4 Å². The quantitative estimate of drug-likeness (QED) is 0.204. The maximum absolute atomic E-state index is 12.3. The molecular formula is C15H17F3O4S. The molecule has 0 aliphatic heterocycles. The number of allylic oxidation sites excluding steroid dienone is 5. The van der Waals surface area contributed by atoms with Gasteiger partial charge in [-0.2, -0.15) is 21.6 Å². The minimum absolute atomic E-state index is 0.0336. The molecule has 1 atom stereocenters. The third-order valence-corrected chi connectivity index (χ3v) is 4.14. The average Bonchev–Trinajstić information content (AvgIpc) is 2.36. The van der Waals surface area contributed by atoms with Crippen molar-refractivity contribution in [3.63, 3.8) is 0 Å². The number of hydrogen-bond donors (Lipinski definition) is 1. The van der Waals surface area contributed by atoms with E-state index in [0.717, 1.165) is 25.3 Å². The highest BCUT2D eigenvalue weighted by Crippen LogP contribution is 2.29. The Bertz CT molecular complexity index is 664. The maximum atomic E-state index is 12.3. The Hall–Kier alpha value is -1.88. The van der Waals surface area contributed by atoms with Gasteiger partial charge in [-0.05, 0) is 32.1 Å². The van der Waals surface area contributed by atoms with Crippen LogP contribution < -0.4 is 0 Å². The number of aliphatic hydroxyl groups excluding tert-OH is 1. The minimum Gasteiger partial charge on any atom is -0.512 e. The van der Waals surface area contributed by atoms with E-state index in [4.69, 9.17) is 6.42 Å². The van der Waals surface area contributed by atoms with Crippen molar-refractivity contribution in [2.24, 2.45) is 5.92 Å². The lowest BCUT2D eigenvalue weighted by Crippen LogP contribution is -2.25. The number of halogens is 3. The van der Waals surface area contributed by atoms with E-state index in [1.807, 2.05) is 18.9 Å². The van der Waals surface area contributed by atoms with Gasteiger partial charge < -0.3 is 9.29 Å². The molecule has 1 aliphatic carbocycles. The molecule has 0 aromatic carbocycles. The van der Waals surface area contributed by atoms with Crippen molar-refractivity contribution in [1.82, 2.24) is 0 Å². The SMILES string of the molecule is C#C/C=C(\C=C(\O)CC1C=C(C)CCC1)OS(=O)(=O)C(F)(F)F. The smallest absolute Gasteiger partial charge is 0.512 e. The molecule has 1 N–H and O–H groups in total. The Kier molecular flexibility index (Phi) is 6.33. The number of terminal acetylenes is 1. The van der Waals surface area contributed by atoms with Crippen molar-refractivity contribution in [2.75, 3.05) is 0 Å². The molecule has 1 rings (SSSR count). The minimum atomic E-state index is -5.84. The molecule has 0 bridgehead atoms. The molecule has 0 saturated carbocycles. The molecule has 0 aromatic rings. The fourth-order valence-corrected chi connectivity index (χ4v) is 2.65. The summed E-state index contributed by atoms with van der Waals surface area (Å²) >= 11 is 0. The Morgan fingerprint density at radius 1 is 1.57 bits per heavy atom. The van der Waals surface area contributed by atoms with E-state index in [-0.39, 0.29) is 18.1 Å². The van der Waals surface area contributed by atoms with Crippen LogP contribution in [0, 0.1) is 18.3 Å². The second kappa shape index (κ2) is 7.59. The van der Waals surface area contributed by atoms with Gasteiger partial charge in [0.2, 0.25) is 0 Å². The Labute approximate surface area is 133 Å². The highest BCUT2D eigenvalue weighted by atomic mass is 32.2. The Morgan fingerprint density at radius 3 is 2.74 bits per heavy atom. The molecule has 0 saturated heterocycles. The molecular weight excluding hydrogens is 333 g/mol. The Balaban J connectivity index is 2.89. The van der Waals surface area contributed by atoms with Crippen molar-refractivity contribution in [3.05, 3.63) is 35.3 Å². The van der Waals surface area contributed by atoms with Crippen LogP contribution in [0.15, 0.2) is 35.3 Å². The van der Waals surface area contributed by atoms with Gasteiger partial charge in [0.15, 0.2) is 5.76 Å². The second-order valence-corrected chi connectivity index (χ2v) is 6.74. The second-order valence-electron chi connectivity index (χ2n) is 5.20. The van der Waals surface area contributed by atoms with E-state index in [9.17, 15) is 26.7 Å². The van der Waals surface area contributed by atoms with Gasteiger partial charge in [-0.3, -0.25) is 0 Å². The zero-order valence-corrected chi connectivity index (χ0v) is 13.2. The van der Waals surface area contributed by atoms with Gasteiger partial charge >= 0.3 is 15.6 Å². The van der Waals surface area contributed by atoms with Crippen LogP contribution in [0.5, 0.6) is 0 Å². The van der Waals surface area contributed by atoms with Crippen LogP contribution in [0.2, 0.25) is 0 Å². The van der Waals surface area contributed by atoms with E-state index in [1.54, 1.807) is 0 Å². The summed E-state index contributed by atoms with van der Waals surface area (Å²) in [5, 5.41) is 9.85. The van der Waals surface area contributed by atoms with Crippen molar-refractivity contribution < 1.29 is 30.9 Å². The summed E-state index contributed by atoms with van der Waals surface area (Å²) in [6.45, 7) is 1.95. The van der Waals surface area contributed by atoms with Crippen molar-refractivity contribution in [2.45, 2.75) is 38.1 Å². The molecule has 1 aliphatic rings. The van der Waals surface area contributed by atoms with Crippen LogP contribution in [0.3, 0.4) is 0 Å². The lowest BCUT2D eigenvalue weighted by Gasteiger charge is -2.19. The highest BCUT2D eigenvalue weighted by molar-refractivity contribution is 7.87. The molecule has 4 nitrogen and oxygen atoms in total. The molecule has 128 valence electrons. The molecule has 0 heterocycles. The van der Waals surface area contributed by atoms with Crippen molar-refractivity contribution in [3.8, 4) is 12.3 Å². The predicted molar refractivity (Wildman–Crippen MR) is 79.4 cm³/mol. The summed E-state index contributed by atoms with van der Waals surface area (Å²) in [5.74, 6) is 0.834.